The Morgan fingerprint density at radius 2 is 1.93 bits per heavy atom. The smallest absolute Gasteiger partial charge is 0.253 e. The van der Waals surface area contributed by atoms with Crippen LogP contribution in [-0.2, 0) is 6.54 Å². The minimum Gasteiger partial charge on any atom is -0.339 e. The number of hydrogen-bond acceptors (Lipinski definition) is 4. The molecular formula is C22H21N5O. The van der Waals surface area contributed by atoms with Gasteiger partial charge in [0.2, 0.25) is 0 Å². The average Bonchev–Trinajstić information content (AvgIpc) is 3.22. The summed E-state index contributed by atoms with van der Waals surface area (Å²) >= 11 is 0. The van der Waals surface area contributed by atoms with Gasteiger partial charge in [-0.3, -0.25) is 9.78 Å². The largest absolute Gasteiger partial charge is 0.339 e. The number of pyridine rings is 1. The molecule has 3 aromatic rings. The van der Waals surface area contributed by atoms with E-state index in [0.717, 1.165) is 30.8 Å². The number of nitrogens with zero attached hydrogens (tertiary/aromatic N) is 5. The first kappa shape index (κ1) is 17.9. The number of likely N-dealkylation sites (tertiary alicyclic amines) is 1. The van der Waals surface area contributed by atoms with E-state index in [0.29, 0.717) is 30.1 Å². The maximum absolute atomic E-state index is 12.7. The van der Waals surface area contributed by atoms with Crippen LogP contribution in [-0.4, -0.2) is 38.4 Å². The molecule has 2 aromatic heterocycles. The standard InChI is InChI=1S/C22H21N5O/c23-14-17-3-5-20(6-4-17)22(28)26-11-7-19(8-12-26)21-25-10-13-27(21)16-18-2-1-9-24-15-18/h1-6,9-10,13,15,19H,7-8,11-12,16H2. The first-order valence-electron chi connectivity index (χ1n) is 9.44. The molecule has 6 heteroatoms. The number of carbonyl (C=O) groups excluding carboxylic acids is 1. The highest BCUT2D eigenvalue weighted by Gasteiger charge is 2.27. The third kappa shape index (κ3) is 3.79. The number of amides is 1. The van der Waals surface area contributed by atoms with Gasteiger partial charge in [0.25, 0.3) is 5.91 Å². The van der Waals surface area contributed by atoms with Crippen molar-refractivity contribution in [2.24, 2.45) is 0 Å². The van der Waals surface area contributed by atoms with Gasteiger partial charge in [-0.1, -0.05) is 6.07 Å². The van der Waals surface area contributed by atoms with E-state index in [9.17, 15) is 4.79 Å². The second-order valence-corrected chi connectivity index (χ2v) is 7.03. The predicted molar refractivity (Wildman–Crippen MR) is 105 cm³/mol. The topological polar surface area (TPSA) is 74.8 Å². The average molecular weight is 371 g/mol. The van der Waals surface area contributed by atoms with Crippen molar-refractivity contribution in [2.45, 2.75) is 25.3 Å². The SMILES string of the molecule is N#Cc1ccc(C(=O)N2CCC(c3nccn3Cc3cccnc3)CC2)cc1. The van der Waals surface area contributed by atoms with E-state index in [1.165, 1.54) is 0 Å². The molecule has 6 nitrogen and oxygen atoms in total. The Kier molecular flexibility index (Phi) is 5.16. The molecule has 0 bridgehead atoms. The number of benzene rings is 1. The Balaban J connectivity index is 1.40. The molecule has 1 fully saturated rings. The van der Waals surface area contributed by atoms with Crippen molar-refractivity contribution >= 4 is 5.91 Å². The third-order valence-electron chi connectivity index (χ3n) is 5.23. The summed E-state index contributed by atoms with van der Waals surface area (Å²) in [5.41, 5.74) is 2.35. The van der Waals surface area contributed by atoms with E-state index in [4.69, 9.17) is 5.26 Å². The fourth-order valence-electron chi connectivity index (χ4n) is 3.71. The second kappa shape index (κ2) is 8.05. The number of aromatic nitrogens is 3. The van der Waals surface area contributed by atoms with Crippen LogP contribution >= 0.6 is 0 Å². The highest BCUT2D eigenvalue weighted by Crippen LogP contribution is 2.28. The summed E-state index contributed by atoms with van der Waals surface area (Å²) in [4.78, 5) is 23.4. The molecular weight excluding hydrogens is 350 g/mol. The van der Waals surface area contributed by atoms with Crippen molar-refractivity contribution in [3.63, 3.8) is 0 Å². The molecule has 1 amide bonds. The molecule has 0 unspecified atom stereocenters. The van der Waals surface area contributed by atoms with Gasteiger partial charge in [0.1, 0.15) is 5.82 Å². The predicted octanol–water partition coefficient (Wildman–Crippen LogP) is 3.22. The third-order valence-corrected chi connectivity index (χ3v) is 5.23. The summed E-state index contributed by atoms with van der Waals surface area (Å²) in [7, 11) is 0. The lowest BCUT2D eigenvalue weighted by molar-refractivity contribution is 0.0710. The van der Waals surface area contributed by atoms with Crippen LogP contribution in [0.5, 0.6) is 0 Å². The van der Waals surface area contributed by atoms with Gasteiger partial charge in [0, 0.05) is 49.4 Å². The molecule has 1 aliphatic rings. The Morgan fingerprint density at radius 3 is 2.61 bits per heavy atom. The summed E-state index contributed by atoms with van der Waals surface area (Å²) in [5.74, 6) is 1.45. The zero-order valence-corrected chi connectivity index (χ0v) is 15.5. The minimum atomic E-state index is 0.0293. The number of imidazole rings is 1. The Morgan fingerprint density at radius 1 is 1.14 bits per heavy atom. The van der Waals surface area contributed by atoms with E-state index in [-0.39, 0.29) is 5.91 Å². The highest BCUT2D eigenvalue weighted by molar-refractivity contribution is 5.94. The molecule has 0 radical (unpaired) electrons. The van der Waals surface area contributed by atoms with Gasteiger partial charge in [0.05, 0.1) is 18.2 Å². The van der Waals surface area contributed by atoms with E-state index >= 15 is 0 Å². The number of nitriles is 1. The van der Waals surface area contributed by atoms with Crippen LogP contribution in [0.3, 0.4) is 0 Å². The quantitative estimate of drug-likeness (QED) is 0.706. The maximum Gasteiger partial charge on any atom is 0.253 e. The number of carbonyl (C=O) groups is 1. The lowest BCUT2D eigenvalue weighted by Gasteiger charge is -2.32. The van der Waals surface area contributed by atoms with Crippen molar-refractivity contribution in [3.8, 4) is 6.07 Å². The monoisotopic (exact) mass is 371 g/mol. The molecule has 0 N–H and O–H groups in total. The minimum absolute atomic E-state index is 0.0293. The Hall–Kier alpha value is -3.46. The molecule has 3 heterocycles. The first-order chi connectivity index (χ1) is 13.7. The summed E-state index contributed by atoms with van der Waals surface area (Å²) in [6.07, 6.45) is 9.30. The molecule has 1 aliphatic heterocycles. The molecule has 0 saturated carbocycles. The Labute approximate surface area is 164 Å². The fourth-order valence-corrected chi connectivity index (χ4v) is 3.71. The molecule has 140 valence electrons. The van der Waals surface area contributed by atoms with E-state index < -0.39 is 0 Å². The highest BCUT2D eigenvalue weighted by atomic mass is 16.2. The van der Waals surface area contributed by atoms with Crippen LogP contribution in [0, 0.1) is 11.3 Å². The number of hydrogen-bond donors (Lipinski definition) is 0. The van der Waals surface area contributed by atoms with Crippen molar-refractivity contribution < 1.29 is 4.79 Å². The summed E-state index contributed by atoms with van der Waals surface area (Å²) in [5, 5.41) is 8.89. The van der Waals surface area contributed by atoms with Crippen LogP contribution in [0.1, 0.15) is 46.1 Å². The van der Waals surface area contributed by atoms with Crippen molar-refractivity contribution in [3.05, 3.63) is 83.7 Å². The number of piperidine rings is 1. The first-order valence-corrected chi connectivity index (χ1v) is 9.44. The lowest BCUT2D eigenvalue weighted by atomic mass is 9.95. The summed E-state index contributed by atoms with van der Waals surface area (Å²) in [6, 6.07) is 12.9. The molecule has 28 heavy (non-hydrogen) atoms. The molecule has 4 rings (SSSR count). The van der Waals surface area contributed by atoms with Gasteiger partial charge >= 0.3 is 0 Å². The molecule has 1 aromatic carbocycles. The van der Waals surface area contributed by atoms with E-state index in [1.807, 2.05) is 29.6 Å². The van der Waals surface area contributed by atoms with Gasteiger partial charge in [-0.2, -0.15) is 5.26 Å². The van der Waals surface area contributed by atoms with E-state index in [1.54, 1.807) is 30.5 Å². The fraction of sp³-hybridized carbons (Fsp3) is 0.273. The lowest BCUT2D eigenvalue weighted by Crippen LogP contribution is -2.38. The van der Waals surface area contributed by atoms with Crippen molar-refractivity contribution in [2.75, 3.05) is 13.1 Å². The maximum atomic E-state index is 12.7. The van der Waals surface area contributed by atoms with E-state index in [2.05, 4.69) is 26.7 Å². The van der Waals surface area contributed by atoms with Crippen LogP contribution in [0.25, 0.3) is 0 Å². The Bertz CT molecular complexity index is 980. The van der Waals surface area contributed by atoms with Crippen LogP contribution in [0.4, 0.5) is 0 Å². The normalized spacial score (nSPS) is 14.6. The van der Waals surface area contributed by atoms with Crippen LogP contribution in [0.2, 0.25) is 0 Å². The summed E-state index contributed by atoms with van der Waals surface area (Å²) < 4.78 is 2.18. The summed E-state index contributed by atoms with van der Waals surface area (Å²) in [6.45, 7) is 2.18. The van der Waals surface area contributed by atoms with Crippen molar-refractivity contribution in [1.29, 1.82) is 5.26 Å². The molecule has 0 aliphatic carbocycles. The van der Waals surface area contributed by atoms with Crippen LogP contribution in [0.15, 0.2) is 61.2 Å². The van der Waals surface area contributed by atoms with Crippen molar-refractivity contribution in [1.82, 2.24) is 19.4 Å². The van der Waals surface area contributed by atoms with Gasteiger partial charge in [0.15, 0.2) is 0 Å². The zero-order valence-electron chi connectivity index (χ0n) is 15.5. The second-order valence-electron chi connectivity index (χ2n) is 7.03. The molecule has 1 saturated heterocycles. The van der Waals surface area contributed by atoms with Gasteiger partial charge < -0.3 is 9.47 Å². The number of rotatable bonds is 4. The van der Waals surface area contributed by atoms with Gasteiger partial charge in [-0.05, 0) is 48.7 Å². The van der Waals surface area contributed by atoms with Crippen LogP contribution < -0.4 is 0 Å². The van der Waals surface area contributed by atoms with Gasteiger partial charge in [-0.15, -0.1) is 0 Å². The van der Waals surface area contributed by atoms with Gasteiger partial charge in [-0.25, -0.2) is 4.98 Å². The zero-order chi connectivity index (χ0) is 19.3. The molecule has 0 spiro atoms. The molecule has 0 atom stereocenters.